The molecule has 0 radical (unpaired) electrons. The van der Waals surface area contributed by atoms with Crippen molar-refractivity contribution in [2.45, 2.75) is 52.0 Å². The lowest BCUT2D eigenvalue weighted by atomic mass is 9.89. The molecule has 1 aromatic rings. The number of halogens is 3. The van der Waals surface area contributed by atoms with Crippen LogP contribution in [-0.2, 0) is 0 Å². The molecule has 0 amide bonds. The second-order valence-electron chi connectivity index (χ2n) is 6.10. The summed E-state index contributed by atoms with van der Waals surface area (Å²) in [5.41, 5.74) is 0.897. The highest BCUT2D eigenvalue weighted by molar-refractivity contribution is 6.44. The van der Waals surface area contributed by atoms with E-state index in [-0.39, 0.29) is 0 Å². The Morgan fingerprint density at radius 3 is 2.35 bits per heavy atom. The molecule has 1 aromatic carbocycles. The molecule has 4 heteroatoms. The lowest BCUT2D eigenvalue weighted by molar-refractivity contribution is 0.341. The lowest BCUT2D eigenvalue weighted by Crippen LogP contribution is -2.19. The fourth-order valence-corrected chi connectivity index (χ4v) is 3.60. The minimum absolute atomic E-state index is 0.480. The molecule has 1 N–H and O–H groups in total. The van der Waals surface area contributed by atoms with E-state index >= 15 is 0 Å². The molecule has 20 heavy (non-hydrogen) atoms. The van der Waals surface area contributed by atoms with Crippen molar-refractivity contribution in [1.82, 2.24) is 0 Å². The smallest absolute Gasteiger partial charge is 0.0653 e. The molecule has 1 aliphatic carbocycles. The Hall–Kier alpha value is -0.110. The van der Waals surface area contributed by atoms with Crippen LogP contribution in [0.4, 0.5) is 5.69 Å². The van der Waals surface area contributed by atoms with Gasteiger partial charge in [0.05, 0.1) is 20.8 Å². The van der Waals surface area contributed by atoms with Crippen molar-refractivity contribution in [1.29, 1.82) is 0 Å². The summed E-state index contributed by atoms with van der Waals surface area (Å²) in [4.78, 5) is 0. The monoisotopic (exact) mass is 333 g/mol. The van der Waals surface area contributed by atoms with Crippen molar-refractivity contribution < 1.29 is 0 Å². The molecular formula is C16H22Cl3N. The van der Waals surface area contributed by atoms with E-state index in [1.54, 1.807) is 6.07 Å². The maximum absolute atomic E-state index is 6.24. The lowest BCUT2D eigenvalue weighted by Gasteiger charge is -2.20. The largest absolute Gasteiger partial charge is 0.381 e. The highest BCUT2D eigenvalue weighted by Gasteiger charge is 2.21. The van der Waals surface area contributed by atoms with Gasteiger partial charge in [0.25, 0.3) is 0 Å². The summed E-state index contributed by atoms with van der Waals surface area (Å²) in [6, 6.07) is 4.02. The standard InChI is InChI=1S/C16H22Cl3N/c1-10(2)11-4-3-5-12(7-6-11)20-16-9-14(18)13(17)8-15(16)19/h8-12,20H,3-7H2,1-2H3. The maximum atomic E-state index is 6.24. The van der Waals surface area contributed by atoms with Gasteiger partial charge in [-0.1, -0.05) is 61.5 Å². The maximum Gasteiger partial charge on any atom is 0.0653 e. The van der Waals surface area contributed by atoms with E-state index in [1.165, 1.54) is 32.1 Å². The van der Waals surface area contributed by atoms with Gasteiger partial charge in [-0.25, -0.2) is 0 Å². The third kappa shape index (κ3) is 4.19. The van der Waals surface area contributed by atoms with Crippen molar-refractivity contribution in [3.8, 4) is 0 Å². The van der Waals surface area contributed by atoms with Gasteiger partial charge < -0.3 is 5.32 Å². The van der Waals surface area contributed by atoms with E-state index in [2.05, 4.69) is 19.2 Å². The fourth-order valence-electron chi connectivity index (χ4n) is 2.99. The van der Waals surface area contributed by atoms with E-state index in [1.807, 2.05) is 6.07 Å². The van der Waals surface area contributed by atoms with Gasteiger partial charge >= 0.3 is 0 Å². The number of hydrogen-bond acceptors (Lipinski definition) is 1. The molecule has 0 spiro atoms. The zero-order valence-corrected chi connectivity index (χ0v) is 14.3. The third-order valence-corrected chi connectivity index (χ3v) is 5.36. The van der Waals surface area contributed by atoms with Crippen LogP contribution < -0.4 is 5.32 Å². The topological polar surface area (TPSA) is 12.0 Å². The molecule has 0 aliphatic heterocycles. The second kappa shape index (κ2) is 7.24. The van der Waals surface area contributed by atoms with Crippen molar-refractivity contribution >= 4 is 40.5 Å². The van der Waals surface area contributed by atoms with Crippen LogP contribution in [0.3, 0.4) is 0 Å². The van der Waals surface area contributed by atoms with Crippen LogP contribution >= 0.6 is 34.8 Å². The molecule has 0 heterocycles. The molecule has 0 bridgehead atoms. The van der Waals surface area contributed by atoms with Crippen LogP contribution in [-0.4, -0.2) is 6.04 Å². The average molecular weight is 335 g/mol. The first-order chi connectivity index (χ1) is 9.47. The Morgan fingerprint density at radius 2 is 1.65 bits per heavy atom. The Morgan fingerprint density at radius 1 is 0.950 bits per heavy atom. The van der Waals surface area contributed by atoms with Crippen LogP contribution in [0.25, 0.3) is 0 Å². The molecule has 2 rings (SSSR count). The predicted octanol–water partition coefficient (Wildman–Crippen LogP) is 6.66. The summed E-state index contributed by atoms with van der Waals surface area (Å²) >= 11 is 18.3. The zero-order valence-electron chi connectivity index (χ0n) is 12.1. The molecule has 1 nitrogen and oxygen atoms in total. The summed E-state index contributed by atoms with van der Waals surface area (Å²) in [7, 11) is 0. The van der Waals surface area contributed by atoms with E-state index in [4.69, 9.17) is 34.8 Å². The summed E-state index contributed by atoms with van der Waals surface area (Å²) < 4.78 is 0. The molecule has 0 saturated heterocycles. The van der Waals surface area contributed by atoms with Gasteiger partial charge in [-0.2, -0.15) is 0 Å². The first kappa shape index (κ1) is 16.3. The van der Waals surface area contributed by atoms with Crippen LogP contribution in [0, 0.1) is 11.8 Å². The Balaban J connectivity index is 2.02. The van der Waals surface area contributed by atoms with Gasteiger partial charge in [0, 0.05) is 6.04 Å². The number of benzene rings is 1. The van der Waals surface area contributed by atoms with Gasteiger partial charge in [0.15, 0.2) is 0 Å². The third-order valence-electron chi connectivity index (χ3n) is 4.33. The van der Waals surface area contributed by atoms with Crippen LogP contribution in [0.15, 0.2) is 12.1 Å². The minimum Gasteiger partial charge on any atom is -0.381 e. The molecule has 112 valence electrons. The number of nitrogens with one attached hydrogen (secondary N) is 1. The van der Waals surface area contributed by atoms with E-state index in [0.29, 0.717) is 21.1 Å². The number of rotatable bonds is 3. The quantitative estimate of drug-likeness (QED) is 0.481. The highest BCUT2D eigenvalue weighted by Crippen LogP contribution is 2.35. The van der Waals surface area contributed by atoms with Crippen LogP contribution in [0.5, 0.6) is 0 Å². The second-order valence-corrected chi connectivity index (χ2v) is 7.32. The van der Waals surface area contributed by atoms with Gasteiger partial charge in [-0.05, 0) is 43.2 Å². The predicted molar refractivity (Wildman–Crippen MR) is 90.3 cm³/mol. The van der Waals surface area contributed by atoms with Crippen molar-refractivity contribution in [2.75, 3.05) is 5.32 Å². The summed E-state index contributed by atoms with van der Waals surface area (Å²) in [6.07, 6.45) is 6.29. The van der Waals surface area contributed by atoms with E-state index < -0.39 is 0 Å². The Labute approximate surface area is 137 Å². The summed E-state index contributed by atoms with van der Waals surface area (Å²) in [6.45, 7) is 4.66. The van der Waals surface area contributed by atoms with E-state index in [9.17, 15) is 0 Å². The van der Waals surface area contributed by atoms with Crippen LogP contribution in [0.1, 0.15) is 46.0 Å². The van der Waals surface area contributed by atoms with Crippen molar-refractivity contribution in [2.24, 2.45) is 11.8 Å². The highest BCUT2D eigenvalue weighted by atomic mass is 35.5. The molecule has 1 aliphatic rings. The van der Waals surface area contributed by atoms with E-state index in [0.717, 1.165) is 17.5 Å². The van der Waals surface area contributed by atoms with Gasteiger partial charge in [0.1, 0.15) is 0 Å². The molecular weight excluding hydrogens is 313 g/mol. The number of anilines is 1. The van der Waals surface area contributed by atoms with Crippen molar-refractivity contribution in [3.05, 3.63) is 27.2 Å². The Bertz CT molecular complexity index is 459. The number of hydrogen-bond donors (Lipinski definition) is 1. The molecule has 2 atom stereocenters. The van der Waals surface area contributed by atoms with Crippen LogP contribution in [0.2, 0.25) is 15.1 Å². The molecule has 2 unspecified atom stereocenters. The molecule has 1 saturated carbocycles. The zero-order chi connectivity index (χ0) is 14.7. The molecule has 0 aromatic heterocycles. The summed E-state index contributed by atoms with van der Waals surface area (Å²) in [5.74, 6) is 1.63. The summed E-state index contributed by atoms with van der Waals surface area (Å²) in [5, 5.41) is 5.24. The Kier molecular flexibility index (Phi) is 5.89. The molecule has 1 fully saturated rings. The normalized spacial score (nSPS) is 23.7. The average Bonchev–Trinajstić information content (AvgIpc) is 2.61. The minimum atomic E-state index is 0.480. The fraction of sp³-hybridized carbons (Fsp3) is 0.625. The van der Waals surface area contributed by atoms with Gasteiger partial charge in [0.2, 0.25) is 0 Å². The van der Waals surface area contributed by atoms with Gasteiger partial charge in [-0.3, -0.25) is 0 Å². The SMILES string of the molecule is CC(C)C1CCCC(Nc2cc(Cl)c(Cl)cc2Cl)CC1. The van der Waals surface area contributed by atoms with Crippen molar-refractivity contribution in [3.63, 3.8) is 0 Å². The van der Waals surface area contributed by atoms with Gasteiger partial charge in [-0.15, -0.1) is 0 Å². The first-order valence-electron chi connectivity index (χ1n) is 7.38. The first-order valence-corrected chi connectivity index (χ1v) is 8.52.